The maximum absolute atomic E-state index is 11.8. The lowest BCUT2D eigenvalue weighted by Crippen LogP contribution is -2.40. The summed E-state index contributed by atoms with van der Waals surface area (Å²) < 4.78 is 25.1. The molecule has 0 radical (unpaired) electrons. The summed E-state index contributed by atoms with van der Waals surface area (Å²) >= 11 is 0. The number of nitrogens with zero attached hydrogens (tertiary/aromatic N) is 3. The number of aliphatic imine (C=N–C) groups is 1. The van der Waals surface area contributed by atoms with Crippen molar-refractivity contribution in [3.8, 4) is 0 Å². The zero-order valence-corrected chi connectivity index (χ0v) is 21.7. The molecule has 1 heterocycles. The summed E-state index contributed by atoms with van der Waals surface area (Å²) in [6.45, 7) is 8.63. The second-order valence-corrected chi connectivity index (χ2v) is 9.76. The second kappa shape index (κ2) is 14.2. The van der Waals surface area contributed by atoms with Gasteiger partial charge in [-0.2, -0.15) is 0 Å². The van der Waals surface area contributed by atoms with Gasteiger partial charge in [0.1, 0.15) is 0 Å². The molecule has 0 bridgehead atoms. The fourth-order valence-corrected chi connectivity index (χ4v) is 4.40. The molecule has 0 aliphatic carbocycles. The largest absolute Gasteiger partial charge is 0.357 e. The zero-order valence-electron chi connectivity index (χ0n) is 18.5. The molecule has 172 valence electrons. The zero-order chi connectivity index (χ0) is 21.1. The minimum atomic E-state index is -3.12. The van der Waals surface area contributed by atoms with Gasteiger partial charge in [0.15, 0.2) is 5.96 Å². The van der Waals surface area contributed by atoms with Crippen molar-refractivity contribution in [3.05, 3.63) is 35.9 Å². The van der Waals surface area contributed by atoms with Gasteiger partial charge >= 0.3 is 0 Å². The monoisotopic (exact) mass is 551 g/mol. The van der Waals surface area contributed by atoms with Crippen LogP contribution in [0, 0.1) is 0 Å². The first-order valence-corrected chi connectivity index (χ1v) is 12.3. The minimum absolute atomic E-state index is 0. The molecule has 0 spiro atoms. The maximum atomic E-state index is 11.8. The van der Waals surface area contributed by atoms with E-state index in [0.29, 0.717) is 19.6 Å². The van der Waals surface area contributed by atoms with Crippen LogP contribution in [0.3, 0.4) is 0 Å². The molecule has 1 saturated heterocycles. The molecule has 7 nitrogen and oxygen atoms in total. The van der Waals surface area contributed by atoms with Crippen molar-refractivity contribution in [2.24, 2.45) is 4.99 Å². The van der Waals surface area contributed by atoms with Crippen LogP contribution in [0.5, 0.6) is 0 Å². The Bertz CT molecular complexity index is 724. The molecular formula is C21H38IN5O2S. The Balaban J connectivity index is 0.00000450. The second-order valence-electron chi connectivity index (χ2n) is 7.39. The van der Waals surface area contributed by atoms with Crippen LogP contribution < -0.4 is 10.6 Å². The highest BCUT2D eigenvalue weighted by atomic mass is 127. The van der Waals surface area contributed by atoms with Gasteiger partial charge in [-0.25, -0.2) is 12.7 Å². The van der Waals surface area contributed by atoms with Gasteiger partial charge in [-0.05, 0) is 51.8 Å². The Morgan fingerprint density at radius 1 is 1.17 bits per heavy atom. The first-order chi connectivity index (χ1) is 14.0. The van der Waals surface area contributed by atoms with Gasteiger partial charge in [0.05, 0.1) is 18.3 Å². The van der Waals surface area contributed by atoms with Crippen molar-refractivity contribution >= 4 is 40.0 Å². The molecule has 1 aliphatic heterocycles. The lowest BCUT2D eigenvalue weighted by Gasteiger charge is -2.27. The van der Waals surface area contributed by atoms with Crippen molar-refractivity contribution < 1.29 is 8.42 Å². The normalized spacial score (nSPS) is 16.3. The fraction of sp³-hybridized carbons (Fsp3) is 0.667. The number of guanidine groups is 1. The number of sulfonamides is 1. The Morgan fingerprint density at radius 3 is 2.43 bits per heavy atom. The molecular weight excluding hydrogens is 513 g/mol. The summed E-state index contributed by atoms with van der Waals surface area (Å²) in [6.07, 6.45) is 3.23. The molecule has 1 aromatic carbocycles. The van der Waals surface area contributed by atoms with Crippen molar-refractivity contribution in [2.75, 3.05) is 52.1 Å². The molecule has 2 N–H and O–H groups in total. The minimum Gasteiger partial charge on any atom is -0.357 e. The number of benzene rings is 1. The highest BCUT2D eigenvalue weighted by molar-refractivity contribution is 14.0. The third-order valence-electron chi connectivity index (χ3n) is 5.31. The molecule has 1 fully saturated rings. The Labute approximate surface area is 199 Å². The van der Waals surface area contributed by atoms with E-state index in [1.54, 1.807) is 14.0 Å². The summed E-state index contributed by atoms with van der Waals surface area (Å²) in [7, 11) is -1.48. The van der Waals surface area contributed by atoms with Crippen molar-refractivity contribution in [1.82, 2.24) is 19.8 Å². The number of rotatable bonds is 11. The van der Waals surface area contributed by atoms with Crippen LogP contribution >= 0.6 is 24.0 Å². The fourth-order valence-electron chi connectivity index (χ4n) is 3.55. The topological polar surface area (TPSA) is 77.0 Å². The maximum Gasteiger partial charge on any atom is 0.213 e. The van der Waals surface area contributed by atoms with E-state index in [4.69, 9.17) is 4.99 Å². The molecule has 0 aromatic heterocycles. The predicted molar refractivity (Wildman–Crippen MR) is 136 cm³/mol. The van der Waals surface area contributed by atoms with Gasteiger partial charge in [0, 0.05) is 26.7 Å². The quantitative estimate of drug-likeness (QED) is 0.192. The molecule has 0 saturated carbocycles. The van der Waals surface area contributed by atoms with Gasteiger partial charge in [0.2, 0.25) is 10.0 Å². The average Bonchev–Trinajstić information content (AvgIpc) is 3.26. The average molecular weight is 552 g/mol. The van der Waals surface area contributed by atoms with Crippen LogP contribution in [0.25, 0.3) is 0 Å². The molecule has 1 atom stereocenters. The number of halogens is 1. The summed E-state index contributed by atoms with van der Waals surface area (Å²) in [6, 6.07) is 10.9. The third-order valence-corrected chi connectivity index (χ3v) is 7.18. The molecule has 2 rings (SSSR count). The van der Waals surface area contributed by atoms with E-state index in [-0.39, 0.29) is 35.8 Å². The Morgan fingerprint density at radius 2 is 1.83 bits per heavy atom. The number of hydrogen-bond donors (Lipinski definition) is 2. The van der Waals surface area contributed by atoms with Gasteiger partial charge in [-0.3, -0.25) is 9.89 Å². The van der Waals surface area contributed by atoms with Crippen molar-refractivity contribution in [1.29, 1.82) is 0 Å². The van der Waals surface area contributed by atoms with Crippen LogP contribution in [0.4, 0.5) is 0 Å². The van der Waals surface area contributed by atoms with Crippen LogP contribution in [0.2, 0.25) is 0 Å². The highest BCUT2D eigenvalue weighted by Gasteiger charge is 2.23. The van der Waals surface area contributed by atoms with Gasteiger partial charge in [-0.15, -0.1) is 24.0 Å². The number of nitrogens with one attached hydrogen (secondary N) is 2. The van der Waals surface area contributed by atoms with E-state index in [0.717, 1.165) is 32.0 Å². The van der Waals surface area contributed by atoms with Gasteiger partial charge in [-0.1, -0.05) is 30.3 Å². The molecule has 0 amide bonds. The molecule has 30 heavy (non-hydrogen) atoms. The summed E-state index contributed by atoms with van der Waals surface area (Å²) in [5, 5.41) is 6.64. The lowest BCUT2D eigenvalue weighted by atomic mass is 10.1. The molecule has 1 aliphatic rings. The smallest absolute Gasteiger partial charge is 0.213 e. The molecule has 1 unspecified atom stereocenters. The van der Waals surface area contributed by atoms with E-state index in [1.807, 2.05) is 6.92 Å². The van der Waals surface area contributed by atoms with Crippen molar-refractivity contribution in [3.63, 3.8) is 0 Å². The summed E-state index contributed by atoms with van der Waals surface area (Å²) in [4.78, 5) is 7.36. The first kappa shape index (κ1) is 27.1. The van der Waals surface area contributed by atoms with Crippen LogP contribution in [0.15, 0.2) is 35.3 Å². The van der Waals surface area contributed by atoms with Gasteiger partial charge < -0.3 is 10.6 Å². The highest BCUT2D eigenvalue weighted by Crippen LogP contribution is 2.25. The van der Waals surface area contributed by atoms with Crippen LogP contribution in [-0.4, -0.2) is 75.7 Å². The molecule has 9 heteroatoms. The predicted octanol–water partition coefficient (Wildman–Crippen LogP) is 2.67. The summed E-state index contributed by atoms with van der Waals surface area (Å²) in [5.74, 6) is 0.923. The molecule has 1 aromatic rings. The Kier molecular flexibility index (Phi) is 12.8. The number of hydrogen-bond acceptors (Lipinski definition) is 4. The van der Waals surface area contributed by atoms with E-state index in [1.165, 1.54) is 22.7 Å². The van der Waals surface area contributed by atoms with E-state index < -0.39 is 10.0 Å². The standard InChI is InChI=1S/C21H37N5O2S.HI/c1-4-22-21(23-14-11-15-25(3)29(27,28)5-2)24-18-20(26-16-9-10-17-26)19-12-7-6-8-13-19;/h6-8,12-13,20H,4-5,9-11,14-18H2,1-3H3,(H2,22,23,24);1H. The number of likely N-dealkylation sites (tertiary alicyclic amines) is 1. The lowest BCUT2D eigenvalue weighted by molar-refractivity contribution is 0.251. The first-order valence-electron chi connectivity index (χ1n) is 10.7. The van der Waals surface area contributed by atoms with E-state index >= 15 is 0 Å². The van der Waals surface area contributed by atoms with Crippen LogP contribution in [0.1, 0.15) is 44.7 Å². The van der Waals surface area contributed by atoms with E-state index in [9.17, 15) is 8.42 Å². The SMILES string of the molecule is CCNC(=NCC(c1ccccc1)N1CCCC1)NCCCN(C)S(=O)(=O)CC.I. The van der Waals surface area contributed by atoms with Gasteiger partial charge in [0.25, 0.3) is 0 Å². The summed E-state index contributed by atoms with van der Waals surface area (Å²) in [5.41, 5.74) is 1.31. The van der Waals surface area contributed by atoms with Crippen LogP contribution in [-0.2, 0) is 10.0 Å². The Hall–Kier alpha value is -0.910. The van der Waals surface area contributed by atoms with E-state index in [2.05, 4.69) is 45.9 Å². The third kappa shape index (κ3) is 8.68. The van der Waals surface area contributed by atoms with Crippen molar-refractivity contribution in [2.45, 2.75) is 39.2 Å².